The van der Waals surface area contributed by atoms with Gasteiger partial charge in [0.2, 0.25) is 0 Å². The molecule has 27 heavy (non-hydrogen) atoms. The molecule has 0 N–H and O–H groups in total. The third-order valence-corrected chi connectivity index (χ3v) is 6.48. The number of amides is 1. The molecule has 4 nitrogen and oxygen atoms in total. The Morgan fingerprint density at radius 1 is 1.11 bits per heavy atom. The van der Waals surface area contributed by atoms with E-state index in [0.717, 1.165) is 19.3 Å². The number of hydrogen-bond donors (Lipinski definition) is 0. The molecule has 1 heterocycles. The molecule has 1 atom stereocenters. The van der Waals surface area contributed by atoms with Crippen molar-refractivity contribution in [1.29, 1.82) is 5.26 Å². The van der Waals surface area contributed by atoms with Crippen LogP contribution in [0.5, 0.6) is 0 Å². The average molecular weight is 358 g/mol. The SMILES string of the molecule is N#CC1(C2CC2)CCN(C(=O)OCC2c3ccccc3-c3ccccc32)C1. The Labute approximate surface area is 159 Å². The molecule has 2 aromatic rings. The van der Waals surface area contributed by atoms with Crippen LogP contribution in [0.3, 0.4) is 0 Å². The summed E-state index contributed by atoms with van der Waals surface area (Å²) in [5.74, 6) is 0.544. The molecule has 3 aliphatic rings. The van der Waals surface area contributed by atoms with Crippen LogP contribution in [0.1, 0.15) is 36.3 Å². The van der Waals surface area contributed by atoms with Gasteiger partial charge in [-0.3, -0.25) is 0 Å². The lowest BCUT2D eigenvalue weighted by atomic mass is 9.83. The second kappa shape index (κ2) is 6.13. The molecule has 1 saturated carbocycles. The number of hydrogen-bond acceptors (Lipinski definition) is 3. The van der Waals surface area contributed by atoms with Crippen LogP contribution in [0, 0.1) is 22.7 Å². The van der Waals surface area contributed by atoms with Gasteiger partial charge in [-0.2, -0.15) is 5.26 Å². The van der Waals surface area contributed by atoms with Gasteiger partial charge in [0.05, 0.1) is 11.5 Å². The van der Waals surface area contributed by atoms with Crippen LogP contribution in [0.25, 0.3) is 11.1 Å². The highest BCUT2D eigenvalue weighted by molar-refractivity contribution is 5.79. The second-order valence-corrected chi connectivity index (χ2v) is 8.02. The summed E-state index contributed by atoms with van der Waals surface area (Å²) < 4.78 is 5.74. The van der Waals surface area contributed by atoms with Gasteiger partial charge in [-0.15, -0.1) is 0 Å². The standard InChI is InChI=1S/C23H22N2O2/c24-14-23(16-9-10-16)11-12-25(15-23)22(26)27-13-21-19-7-3-1-5-17(19)18-6-2-4-8-20(18)21/h1-8,16,21H,9-13,15H2. The highest BCUT2D eigenvalue weighted by atomic mass is 16.6. The fourth-order valence-corrected chi connectivity index (χ4v) is 4.83. The zero-order valence-electron chi connectivity index (χ0n) is 15.2. The van der Waals surface area contributed by atoms with Gasteiger partial charge in [0.25, 0.3) is 0 Å². The van der Waals surface area contributed by atoms with Crippen LogP contribution < -0.4 is 0 Å². The minimum atomic E-state index is -0.342. The van der Waals surface area contributed by atoms with Crippen molar-refractivity contribution in [3.63, 3.8) is 0 Å². The van der Waals surface area contributed by atoms with Crippen molar-refractivity contribution in [3.05, 3.63) is 59.7 Å². The lowest BCUT2D eigenvalue weighted by Crippen LogP contribution is -2.33. The van der Waals surface area contributed by atoms with E-state index in [1.54, 1.807) is 4.90 Å². The number of benzene rings is 2. The van der Waals surface area contributed by atoms with Crippen LogP contribution in [-0.4, -0.2) is 30.7 Å². The molecule has 1 amide bonds. The number of fused-ring (bicyclic) bond motifs is 3. The Morgan fingerprint density at radius 3 is 2.33 bits per heavy atom. The molecule has 2 aliphatic carbocycles. The molecule has 2 aromatic carbocycles. The summed E-state index contributed by atoms with van der Waals surface area (Å²) >= 11 is 0. The van der Waals surface area contributed by atoms with Gasteiger partial charge in [0.15, 0.2) is 0 Å². The maximum atomic E-state index is 12.7. The van der Waals surface area contributed by atoms with Crippen LogP contribution in [0.15, 0.2) is 48.5 Å². The highest BCUT2D eigenvalue weighted by Crippen LogP contribution is 2.50. The van der Waals surface area contributed by atoms with Crippen molar-refractivity contribution >= 4 is 6.09 Å². The van der Waals surface area contributed by atoms with Gasteiger partial charge in [0, 0.05) is 19.0 Å². The van der Waals surface area contributed by atoms with Gasteiger partial charge in [-0.05, 0) is 47.4 Å². The molecular weight excluding hydrogens is 336 g/mol. The number of carbonyl (C=O) groups excluding carboxylic acids is 1. The van der Waals surface area contributed by atoms with Gasteiger partial charge in [0.1, 0.15) is 6.61 Å². The lowest BCUT2D eigenvalue weighted by molar-refractivity contribution is 0.104. The first-order valence-electron chi connectivity index (χ1n) is 9.73. The predicted octanol–water partition coefficient (Wildman–Crippen LogP) is 4.56. The summed E-state index contributed by atoms with van der Waals surface area (Å²) in [7, 11) is 0. The zero-order chi connectivity index (χ0) is 18.4. The van der Waals surface area contributed by atoms with E-state index in [9.17, 15) is 10.1 Å². The van der Waals surface area contributed by atoms with E-state index in [0.29, 0.717) is 25.6 Å². The van der Waals surface area contributed by atoms with E-state index in [1.165, 1.54) is 22.3 Å². The van der Waals surface area contributed by atoms with Gasteiger partial charge < -0.3 is 9.64 Å². The molecule has 0 radical (unpaired) electrons. The second-order valence-electron chi connectivity index (χ2n) is 8.02. The average Bonchev–Trinajstić information content (AvgIpc) is 3.40. The molecule has 1 aliphatic heterocycles. The summed E-state index contributed by atoms with van der Waals surface area (Å²) in [6.45, 7) is 1.48. The Morgan fingerprint density at radius 2 is 1.74 bits per heavy atom. The van der Waals surface area contributed by atoms with E-state index in [1.807, 2.05) is 24.3 Å². The van der Waals surface area contributed by atoms with Gasteiger partial charge >= 0.3 is 6.09 Å². The maximum Gasteiger partial charge on any atom is 0.409 e. The van der Waals surface area contributed by atoms with Crippen molar-refractivity contribution in [2.45, 2.75) is 25.2 Å². The molecule has 1 unspecified atom stereocenters. The van der Waals surface area contributed by atoms with E-state index in [2.05, 4.69) is 30.3 Å². The number of ether oxygens (including phenoxy) is 1. The Kier molecular flexibility index (Phi) is 3.72. The quantitative estimate of drug-likeness (QED) is 0.808. The fourth-order valence-electron chi connectivity index (χ4n) is 4.83. The van der Waals surface area contributed by atoms with Crippen molar-refractivity contribution < 1.29 is 9.53 Å². The monoisotopic (exact) mass is 358 g/mol. The van der Waals surface area contributed by atoms with Crippen molar-refractivity contribution in [1.82, 2.24) is 4.90 Å². The molecule has 1 saturated heterocycles. The summed E-state index contributed by atoms with van der Waals surface area (Å²) in [5, 5.41) is 9.62. The molecule has 4 heteroatoms. The van der Waals surface area contributed by atoms with Crippen LogP contribution in [0.2, 0.25) is 0 Å². The molecular formula is C23H22N2O2. The van der Waals surface area contributed by atoms with Crippen molar-refractivity contribution in [3.8, 4) is 17.2 Å². The Hall–Kier alpha value is -2.80. The van der Waals surface area contributed by atoms with E-state index >= 15 is 0 Å². The summed E-state index contributed by atoms with van der Waals surface area (Å²) in [6.07, 6.45) is 2.73. The molecule has 0 spiro atoms. The van der Waals surface area contributed by atoms with E-state index in [4.69, 9.17) is 4.74 Å². The first-order valence-corrected chi connectivity index (χ1v) is 9.73. The summed E-state index contributed by atoms with van der Waals surface area (Å²) in [4.78, 5) is 14.4. The maximum absolute atomic E-state index is 12.7. The first kappa shape index (κ1) is 16.4. The lowest BCUT2D eigenvalue weighted by Gasteiger charge is -2.22. The van der Waals surface area contributed by atoms with Crippen molar-refractivity contribution in [2.24, 2.45) is 11.3 Å². The Bertz CT molecular complexity index is 898. The largest absolute Gasteiger partial charge is 0.448 e. The fraction of sp³-hybridized carbons (Fsp3) is 0.391. The number of carbonyl (C=O) groups is 1. The van der Waals surface area contributed by atoms with Crippen molar-refractivity contribution in [2.75, 3.05) is 19.7 Å². The number of nitrogens with zero attached hydrogens (tertiary/aromatic N) is 2. The molecule has 5 rings (SSSR count). The minimum absolute atomic E-state index is 0.0770. The molecule has 2 fully saturated rings. The number of rotatable bonds is 3. The molecule has 0 bridgehead atoms. The predicted molar refractivity (Wildman–Crippen MR) is 102 cm³/mol. The van der Waals surface area contributed by atoms with Crippen LogP contribution >= 0.6 is 0 Å². The normalized spacial score (nSPS) is 23.6. The number of likely N-dealkylation sites (tertiary alicyclic amines) is 1. The smallest absolute Gasteiger partial charge is 0.409 e. The molecule has 136 valence electrons. The van der Waals surface area contributed by atoms with Crippen LogP contribution in [0.4, 0.5) is 4.79 Å². The highest BCUT2D eigenvalue weighted by Gasteiger charge is 2.51. The zero-order valence-corrected chi connectivity index (χ0v) is 15.2. The number of nitriles is 1. The summed E-state index contributed by atoms with van der Waals surface area (Å²) in [6, 6.07) is 19.2. The van der Waals surface area contributed by atoms with E-state index < -0.39 is 0 Å². The van der Waals surface area contributed by atoms with Gasteiger partial charge in [-0.1, -0.05) is 48.5 Å². The van der Waals surface area contributed by atoms with Gasteiger partial charge in [-0.25, -0.2) is 4.79 Å². The van der Waals surface area contributed by atoms with Crippen LogP contribution in [-0.2, 0) is 4.74 Å². The van der Waals surface area contributed by atoms with E-state index in [-0.39, 0.29) is 17.4 Å². The minimum Gasteiger partial charge on any atom is -0.448 e. The summed E-state index contributed by atoms with van der Waals surface area (Å²) in [5.41, 5.74) is 4.56. The third-order valence-electron chi connectivity index (χ3n) is 6.48. The Balaban J connectivity index is 1.31. The first-order chi connectivity index (χ1) is 13.2. The molecule has 0 aromatic heterocycles. The third kappa shape index (κ3) is 2.61. The topological polar surface area (TPSA) is 53.3 Å².